The molecular formula is C8H10O2S. The molecule has 0 atom stereocenters. The zero-order chi connectivity index (χ0) is 8.69. The Kier molecular flexibility index (Phi) is 5.29. The van der Waals surface area contributed by atoms with Crippen molar-refractivity contribution < 1.29 is 9.53 Å². The Morgan fingerprint density at radius 2 is 2.18 bits per heavy atom. The van der Waals surface area contributed by atoms with E-state index in [1.54, 1.807) is 12.3 Å². The number of rotatable bonds is 4. The molecule has 0 bridgehead atoms. The van der Waals surface area contributed by atoms with E-state index in [0.717, 1.165) is 6.26 Å². The van der Waals surface area contributed by atoms with Crippen LogP contribution in [-0.2, 0) is 9.53 Å². The zero-order valence-corrected chi connectivity index (χ0v) is 7.19. The fourth-order valence-electron chi connectivity index (χ4n) is 0.460. The molecule has 11 heavy (non-hydrogen) atoms. The van der Waals surface area contributed by atoms with Crippen molar-refractivity contribution in [3.8, 4) is 0 Å². The molecule has 60 valence electrons. The Balaban J connectivity index is 4.24. The lowest BCUT2D eigenvalue weighted by Gasteiger charge is -1.98. The Morgan fingerprint density at radius 1 is 1.55 bits per heavy atom. The van der Waals surface area contributed by atoms with Crippen molar-refractivity contribution >= 4 is 17.7 Å². The normalized spacial score (nSPS) is 10.5. The van der Waals surface area contributed by atoms with E-state index in [9.17, 15) is 4.79 Å². The van der Waals surface area contributed by atoms with Gasteiger partial charge in [0.1, 0.15) is 0 Å². The van der Waals surface area contributed by atoms with Gasteiger partial charge in [0.2, 0.25) is 0 Å². The third-order valence-electron chi connectivity index (χ3n) is 0.881. The molecule has 0 aliphatic heterocycles. The fraction of sp³-hybridized carbons (Fsp3) is 0.125. The van der Waals surface area contributed by atoms with Gasteiger partial charge in [-0.15, -0.1) is 11.8 Å². The summed E-state index contributed by atoms with van der Waals surface area (Å²) in [5.74, 6) is -0.396. The molecule has 0 saturated heterocycles. The van der Waals surface area contributed by atoms with Crippen LogP contribution < -0.4 is 0 Å². The maximum atomic E-state index is 10.9. The van der Waals surface area contributed by atoms with Crippen LogP contribution in [0.5, 0.6) is 0 Å². The van der Waals surface area contributed by atoms with E-state index in [2.05, 4.69) is 17.9 Å². The highest BCUT2D eigenvalue weighted by atomic mass is 32.2. The molecule has 2 nitrogen and oxygen atoms in total. The van der Waals surface area contributed by atoms with Crippen LogP contribution in [0.2, 0.25) is 0 Å². The maximum Gasteiger partial charge on any atom is 0.349 e. The monoisotopic (exact) mass is 170 g/mol. The molecule has 0 aromatic heterocycles. The second-order valence-electron chi connectivity index (χ2n) is 1.54. The summed E-state index contributed by atoms with van der Waals surface area (Å²) in [4.78, 5) is 11.4. The summed E-state index contributed by atoms with van der Waals surface area (Å²) < 4.78 is 4.54. The van der Waals surface area contributed by atoms with Crippen LogP contribution in [0.4, 0.5) is 0 Å². The summed E-state index contributed by atoms with van der Waals surface area (Å²) in [5, 5.41) is 0. The number of hydrogen-bond donors (Lipinski definition) is 0. The molecule has 0 radical (unpaired) electrons. The topological polar surface area (TPSA) is 26.3 Å². The van der Waals surface area contributed by atoms with Crippen LogP contribution >= 0.6 is 11.8 Å². The average Bonchev–Trinajstić information content (AvgIpc) is 2.00. The second-order valence-corrected chi connectivity index (χ2v) is 2.39. The largest absolute Gasteiger partial charge is 0.431 e. The summed E-state index contributed by atoms with van der Waals surface area (Å²) in [6.45, 7) is 6.74. The van der Waals surface area contributed by atoms with Crippen molar-refractivity contribution in [3.63, 3.8) is 0 Å². The van der Waals surface area contributed by atoms with Gasteiger partial charge in [-0.1, -0.05) is 19.2 Å². The van der Waals surface area contributed by atoms with Crippen molar-refractivity contribution in [1.82, 2.24) is 0 Å². The minimum Gasteiger partial charge on any atom is -0.431 e. The van der Waals surface area contributed by atoms with Gasteiger partial charge in [-0.2, -0.15) is 0 Å². The van der Waals surface area contributed by atoms with Gasteiger partial charge in [0, 0.05) is 0 Å². The molecule has 0 N–H and O–H groups in total. The lowest BCUT2D eigenvalue weighted by molar-refractivity contribution is -0.132. The SMILES string of the molecule is C=C/C=C(\SC)C(=O)OC=C. The van der Waals surface area contributed by atoms with Gasteiger partial charge in [0.05, 0.1) is 11.2 Å². The maximum absolute atomic E-state index is 10.9. The van der Waals surface area contributed by atoms with E-state index in [1.807, 2.05) is 0 Å². The van der Waals surface area contributed by atoms with Crippen LogP contribution in [-0.4, -0.2) is 12.2 Å². The summed E-state index contributed by atoms with van der Waals surface area (Å²) in [6.07, 6.45) is 6.03. The first kappa shape index (κ1) is 10.0. The van der Waals surface area contributed by atoms with Crippen LogP contribution in [0.1, 0.15) is 0 Å². The van der Waals surface area contributed by atoms with Gasteiger partial charge in [-0.3, -0.25) is 0 Å². The van der Waals surface area contributed by atoms with Gasteiger partial charge < -0.3 is 4.74 Å². The van der Waals surface area contributed by atoms with E-state index in [0.29, 0.717) is 4.91 Å². The Hall–Kier alpha value is -0.960. The summed E-state index contributed by atoms with van der Waals surface area (Å²) in [6, 6.07) is 0. The van der Waals surface area contributed by atoms with Crippen LogP contribution in [0, 0.1) is 0 Å². The summed E-state index contributed by atoms with van der Waals surface area (Å²) in [5.41, 5.74) is 0. The van der Waals surface area contributed by atoms with Gasteiger partial charge >= 0.3 is 5.97 Å². The second kappa shape index (κ2) is 5.80. The van der Waals surface area contributed by atoms with Crippen molar-refractivity contribution in [1.29, 1.82) is 0 Å². The molecule has 3 heteroatoms. The fourth-order valence-corrected chi connectivity index (χ4v) is 0.907. The molecule has 0 aliphatic rings. The molecule has 0 spiro atoms. The van der Waals surface area contributed by atoms with Crippen LogP contribution in [0.25, 0.3) is 0 Å². The lowest BCUT2D eigenvalue weighted by Crippen LogP contribution is -1.99. The molecule has 0 amide bonds. The van der Waals surface area contributed by atoms with E-state index in [-0.39, 0.29) is 0 Å². The van der Waals surface area contributed by atoms with Crippen molar-refractivity contribution in [2.24, 2.45) is 0 Å². The molecule has 0 aromatic rings. The quantitative estimate of drug-likeness (QED) is 0.280. The van der Waals surface area contributed by atoms with Crippen molar-refractivity contribution in [2.45, 2.75) is 0 Å². The Morgan fingerprint density at radius 3 is 2.55 bits per heavy atom. The molecule has 0 aliphatic carbocycles. The van der Waals surface area contributed by atoms with Gasteiger partial charge in [0.25, 0.3) is 0 Å². The smallest absolute Gasteiger partial charge is 0.349 e. The number of ether oxygens (including phenoxy) is 1. The highest BCUT2D eigenvalue weighted by Gasteiger charge is 2.05. The molecule has 0 unspecified atom stereocenters. The highest BCUT2D eigenvalue weighted by Crippen LogP contribution is 2.12. The van der Waals surface area contributed by atoms with Crippen molar-refractivity contribution in [2.75, 3.05) is 6.26 Å². The zero-order valence-electron chi connectivity index (χ0n) is 6.37. The third-order valence-corrected chi connectivity index (χ3v) is 1.62. The number of esters is 1. The Labute approximate surface area is 70.6 Å². The Bertz CT molecular complexity index is 194. The first-order valence-corrected chi connectivity index (χ1v) is 4.17. The van der Waals surface area contributed by atoms with Crippen LogP contribution in [0.15, 0.2) is 36.5 Å². The number of allylic oxidation sites excluding steroid dienone is 2. The minimum atomic E-state index is -0.396. The highest BCUT2D eigenvalue weighted by molar-refractivity contribution is 8.03. The molecule has 0 aromatic carbocycles. The summed E-state index contributed by atoms with van der Waals surface area (Å²) >= 11 is 1.31. The predicted molar refractivity (Wildman–Crippen MR) is 48.1 cm³/mol. The van der Waals surface area contributed by atoms with E-state index in [1.165, 1.54) is 17.8 Å². The minimum absolute atomic E-state index is 0.396. The van der Waals surface area contributed by atoms with Gasteiger partial charge in [0.15, 0.2) is 0 Å². The molecule has 0 fully saturated rings. The third kappa shape index (κ3) is 3.68. The first-order valence-electron chi connectivity index (χ1n) is 2.94. The van der Waals surface area contributed by atoms with E-state index in [4.69, 9.17) is 0 Å². The van der Waals surface area contributed by atoms with E-state index < -0.39 is 5.97 Å². The van der Waals surface area contributed by atoms with Crippen LogP contribution in [0.3, 0.4) is 0 Å². The average molecular weight is 170 g/mol. The lowest BCUT2D eigenvalue weighted by atomic mass is 10.5. The number of hydrogen-bond acceptors (Lipinski definition) is 3. The van der Waals surface area contributed by atoms with E-state index >= 15 is 0 Å². The predicted octanol–water partition coefficient (Wildman–Crippen LogP) is 2.11. The molecule has 0 heterocycles. The number of carbonyl (C=O) groups excluding carboxylic acids is 1. The summed E-state index contributed by atoms with van der Waals surface area (Å²) in [7, 11) is 0. The van der Waals surface area contributed by atoms with Crippen molar-refractivity contribution in [3.05, 3.63) is 36.5 Å². The van der Waals surface area contributed by atoms with Gasteiger partial charge in [-0.05, 0) is 12.3 Å². The van der Waals surface area contributed by atoms with Gasteiger partial charge in [-0.25, -0.2) is 4.79 Å². The first-order chi connectivity index (χ1) is 5.26. The number of carbonyl (C=O) groups is 1. The molecular weight excluding hydrogens is 160 g/mol. The standard InChI is InChI=1S/C8H10O2S/c1-4-6-7(11-3)8(9)10-5-2/h4-6H,1-2H2,3H3/b7-6-. The molecule has 0 saturated carbocycles. The number of thioether (sulfide) groups is 1. The molecule has 0 rings (SSSR count).